The van der Waals surface area contributed by atoms with E-state index < -0.39 is 0 Å². The number of aromatic nitrogens is 1. The maximum absolute atomic E-state index is 5.75. The van der Waals surface area contributed by atoms with E-state index in [9.17, 15) is 0 Å². The Morgan fingerprint density at radius 1 is 1.39 bits per heavy atom. The second-order valence-corrected chi connectivity index (χ2v) is 5.20. The van der Waals surface area contributed by atoms with Crippen LogP contribution in [0.3, 0.4) is 0 Å². The lowest BCUT2D eigenvalue weighted by Gasteiger charge is -2.20. The van der Waals surface area contributed by atoms with Crippen LogP contribution in [0.15, 0.2) is 30.3 Å². The second-order valence-electron chi connectivity index (χ2n) is 5.20. The van der Waals surface area contributed by atoms with Gasteiger partial charge in [-0.1, -0.05) is 31.2 Å². The molecule has 1 saturated heterocycles. The number of anilines is 1. The van der Waals surface area contributed by atoms with Crippen LogP contribution in [0.2, 0.25) is 0 Å². The molecule has 1 aliphatic heterocycles. The van der Waals surface area contributed by atoms with Crippen LogP contribution < -0.4 is 10.6 Å². The Hall–Kier alpha value is -1.61. The number of pyridine rings is 1. The molecule has 0 bridgehead atoms. The predicted octanol–water partition coefficient (Wildman–Crippen LogP) is 2.54. The summed E-state index contributed by atoms with van der Waals surface area (Å²) in [5, 5.41) is 2.48. The van der Waals surface area contributed by atoms with Gasteiger partial charge in [-0.15, -0.1) is 0 Å². The van der Waals surface area contributed by atoms with Gasteiger partial charge in [-0.05, 0) is 23.8 Å². The van der Waals surface area contributed by atoms with E-state index in [-0.39, 0.29) is 0 Å². The normalized spacial score (nSPS) is 19.7. The molecular weight excluding hydrogens is 222 g/mol. The Morgan fingerprint density at radius 2 is 2.22 bits per heavy atom. The maximum atomic E-state index is 5.75. The van der Waals surface area contributed by atoms with Gasteiger partial charge in [0.2, 0.25) is 0 Å². The SMILES string of the molecule is CC1CCN(c2nc(CN)cc3ccccc23)C1. The van der Waals surface area contributed by atoms with Gasteiger partial charge in [0, 0.05) is 25.0 Å². The van der Waals surface area contributed by atoms with Crippen molar-refractivity contribution in [3.05, 3.63) is 36.0 Å². The minimum atomic E-state index is 0.501. The smallest absolute Gasteiger partial charge is 0.136 e. The zero-order chi connectivity index (χ0) is 12.5. The summed E-state index contributed by atoms with van der Waals surface area (Å²) in [5.74, 6) is 1.87. The Kier molecular flexibility index (Phi) is 2.92. The second kappa shape index (κ2) is 4.58. The molecule has 1 aromatic carbocycles. The van der Waals surface area contributed by atoms with Crippen molar-refractivity contribution in [2.24, 2.45) is 11.7 Å². The molecule has 94 valence electrons. The van der Waals surface area contributed by atoms with E-state index >= 15 is 0 Å². The third kappa shape index (κ3) is 1.95. The Morgan fingerprint density at radius 3 is 2.94 bits per heavy atom. The molecule has 0 amide bonds. The molecule has 0 aliphatic carbocycles. The van der Waals surface area contributed by atoms with Crippen LogP contribution >= 0.6 is 0 Å². The van der Waals surface area contributed by atoms with Crippen LogP contribution in [0.1, 0.15) is 19.0 Å². The largest absolute Gasteiger partial charge is 0.356 e. The zero-order valence-electron chi connectivity index (χ0n) is 10.8. The summed E-state index contributed by atoms with van der Waals surface area (Å²) in [6.45, 7) is 5.01. The highest BCUT2D eigenvalue weighted by Gasteiger charge is 2.21. The minimum Gasteiger partial charge on any atom is -0.356 e. The summed E-state index contributed by atoms with van der Waals surface area (Å²) < 4.78 is 0. The molecule has 1 fully saturated rings. The van der Waals surface area contributed by atoms with E-state index in [1.165, 1.54) is 17.2 Å². The lowest BCUT2D eigenvalue weighted by molar-refractivity contribution is 0.659. The summed E-state index contributed by atoms with van der Waals surface area (Å²) in [6.07, 6.45) is 1.25. The molecule has 3 heteroatoms. The van der Waals surface area contributed by atoms with Crippen LogP contribution in [-0.4, -0.2) is 18.1 Å². The van der Waals surface area contributed by atoms with E-state index in [0.29, 0.717) is 6.54 Å². The van der Waals surface area contributed by atoms with Crippen molar-refractivity contribution in [3.8, 4) is 0 Å². The van der Waals surface area contributed by atoms with Gasteiger partial charge in [0.15, 0.2) is 0 Å². The monoisotopic (exact) mass is 241 g/mol. The average molecular weight is 241 g/mol. The summed E-state index contributed by atoms with van der Waals surface area (Å²) in [6, 6.07) is 10.5. The van der Waals surface area contributed by atoms with Crippen LogP contribution in [0.4, 0.5) is 5.82 Å². The van der Waals surface area contributed by atoms with Gasteiger partial charge in [0.25, 0.3) is 0 Å². The lowest BCUT2D eigenvalue weighted by Crippen LogP contribution is -2.21. The number of nitrogens with zero attached hydrogens (tertiary/aromatic N) is 2. The number of fused-ring (bicyclic) bond motifs is 1. The third-order valence-electron chi connectivity index (χ3n) is 3.71. The fourth-order valence-corrected chi connectivity index (χ4v) is 2.71. The molecule has 2 aromatic rings. The Balaban J connectivity index is 2.13. The summed E-state index contributed by atoms with van der Waals surface area (Å²) in [5.41, 5.74) is 6.73. The quantitative estimate of drug-likeness (QED) is 0.878. The highest BCUT2D eigenvalue weighted by atomic mass is 15.2. The van der Waals surface area contributed by atoms with Crippen LogP contribution in [0.5, 0.6) is 0 Å². The first-order chi connectivity index (χ1) is 8.78. The minimum absolute atomic E-state index is 0.501. The summed E-state index contributed by atoms with van der Waals surface area (Å²) >= 11 is 0. The summed E-state index contributed by atoms with van der Waals surface area (Å²) in [7, 11) is 0. The van der Waals surface area contributed by atoms with Crippen molar-refractivity contribution in [1.29, 1.82) is 0 Å². The van der Waals surface area contributed by atoms with E-state index in [1.54, 1.807) is 0 Å². The van der Waals surface area contributed by atoms with Crippen molar-refractivity contribution >= 4 is 16.6 Å². The molecular formula is C15H19N3. The van der Waals surface area contributed by atoms with Crippen LogP contribution in [0.25, 0.3) is 10.8 Å². The first kappa shape index (κ1) is 11.5. The molecule has 1 aliphatic rings. The fourth-order valence-electron chi connectivity index (χ4n) is 2.71. The topological polar surface area (TPSA) is 42.2 Å². The van der Waals surface area contributed by atoms with Crippen molar-refractivity contribution in [1.82, 2.24) is 4.98 Å². The molecule has 3 nitrogen and oxygen atoms in total. The Labute approximate surface area is 108 Å². The number of hydrogen-bond donors (Lipinski definition) is 1. The van der Waals surface area contributed by atoms with Gasteiger partial charge in [0.1, 0.15) is 5.82 Å². The van der Waals surface area contributed by atoms with E-state index in [2.05, 4.69) is 42.2 Å². The molecule has 0 radical (unpaired) electrons. The number of nitrogens with two attached hydrogens (primary N) is 1. The molecule has 1 unspecified atom stereocenters. The molecule has 1 aromatic heterocycles. The number of benzene rings is 1. The van der Waals surface area contributed by atoms with Gasteiger partial charge >= 0.3 is 0 Å². The third-order valence-corrected chi connectivity index (χ3v) is 3.71. The molecule has 1 atom stereocenters. The van der Waals surface area contributed by atoms with Gasteiger partial charge < -0.3 is 10.6 Å². The van der Waals surface area contributed by atoms with Crippen LogP contribution in [0, 0.1) is 5.92 Å². The zero-order valence-corrected chi connectivity index (χ0v) is 10.8. The molecule has 3 rings (SSSR count). The van der Waals surface area contributed by atoms with Crippen molar-refractivity contribution in [2.45, 2.75) is 19.9 Å². The van der Waals surface area contributed by atoms with Gasteiger partial charge in [0.05, 0.1) is 5.69 Å². The first-order valence-electron chi connectivity index (χ1n) is 6.61. The van der Waals surface area contributed by atoms with Crippen molar-refractivity contribution < 1.29 is 0 Å². The number of rotatable bonds is 2. The van der Waals surface area contributed by atoms with Gasteiger partial charge in [-0.2, -0.15) is 0 Å². The van der Waals surface area contributed by atoms with E-state index in [4.69, 9.17) is 10.7 Å². The van der Waals surface area contributed by atoms with Crippen LogP contribution in [-0.2, 0) is 6.54 Å². The lowest BCUT2D eigenvalue weighted by atomic mass is 10.1. The van der Waals surface area contributed by atoms with Gasteiger partial charge in [-0.3, -0.25) is 0 Å². The average Bonchev–Trinajstić information content (AvgIpc) is 2.84. The van der Waals surface area contributed by atoms with Crippen molar-refractivity contribution in [3.63, 3.8) is 0 Å². The van der Waals surface area contributed by atoms with E-state index in [1.807, 2.05) is 0 Å². The maximum Gasteiger partial charge on any atom is 0.136 e. The highest BCUT2D eigenvalue weighted by molar-refractivity contribution is 5.92. The predicted molar refractivity (Wildman–Crippen MR) is 75.6 cm³/mol. The van der Waals surface area contributed by atoms with E-state index in [0.717, 1.165) is 30.5 Å². The molecule has 0 saturated carbocycles. The first-order valence-corrected chi connectivity index (χ1v) is 6.61. The van der Waals surface area contributed by atoms with Gasteiger partial charge in [-0.25, -0.2) is 4.98 Å². The summed E-state index contributed by atoms with van der Waals surface area (Å²) in [4.78, 5) is 7.13. The molecule has 0 spiro atoms. The highest BCUT2D eigenvalue weighted by Crippen LogP contribution is 2.29. The standard InChI is InChI=1S/C15H19N3/c1-11-6-7-18(10-11)15-14-5-3-2-4-12(14)8-13(9-16)17-15/h2-5,8,11H,6-7,9-10,16H2,1H3. The number of hydrogen-bond acceptors (Lipinski definition) is 3. The molecule has 2 N–H and O–H groups in total. The molecule has 18 heavy (non-hydrogen) atoms. The Bertz CT molecular complexity index is 565. The molecule has 2 heterocycles. The van der Waals surface area contributed by atoms with Crippen molar-refractivity contribution in [2.75, 3.05) is 18.0 Å². The fraction of sp³-hybridized carbons (Fsp3) is 0.400.